The van der Waals surface area contributed by atoms with Gasteiger partial charge >= 0.3 is 5.97 Å². The number of fused-ring (bicyclic) bond motifs is 1. The molecular weight excluding hydrogens is 404 g/mol. The molecule has 1 N–H and O–H groups in total. The van der Waals surface area contributed by atoms with Gasteiger partial charge in [-0.15, -0.1) is 0 Å². The molecule has 6 nitrogen and oxygen atoms in total. The number of hydrazone groups is 1. The molecule has 0 fully saturated rings. The van der Waals surface area contributed by atoms with E-state index < -0.39 is 5.97 Å². The van der Waals surface area contributed by atoms with E-state index in [-0.39, 0.29) is 5.91 Å². The molecule has 0 spiro atoms. The number of carbonyl (C=O) groups excluding carboxylic acids is 2. The Kier molecular flexibility index (Phi) is 6.22. The maximum atomic E-state index is 12.7. The SMILES string of the molecule is COc1ccc(C(=O)Oc2ccc3ccccc3c2C=NNC(=O)c2ccccc2)cc1. The Morgan fingerprint density at radius 3 is 2.28 bits per heavy atom. The molecule has 0 aliphatic heterocycles. The number of hydrogen-bond donors (Lipinski definition) is 1. The highest BCUT2D eigenvalue weighted by molar-refractivity contribution is 6.04. The van der Waals surface area contributed by atoms with Crippen molar-refractivity contribution >= 4 is 28.9 Å². The van der Waals surface area contributed by atoms with Crippen LogP contribution in [0.25, 0.3) is 10.8 Å². The molecule has 4 aromatic rings. The molecule has 158 valence electrons. The van der Waals surface area contributed by atoms with Gasteiger partial charge in [-0.25, -0.2) is 10.2 Å². The Balaban J connectivity index is 1.61. The van der Waals surface area contributed by atoms with Crippen LogP contribution in [0.3, 0.4) is 0 Å². The molecule has 0 heterocycles. The normalized spacial score (nSPS) is 10.8. The number of nitrogens with one attached hydrogen (secondary N) is 1. The number of hydrogen-bond acceptors (Lipinski definition) is 5. The van der Waals surface area contributed by atoms with Gasteiger partial charge < -0.3 is 9.47 Å². The molecule has 0 unspecified atom stereocenters. The molecular formula is C26H20N2O4. The van der Waals surface area contributed by atoms with E-state index in [9.17, 15) is 9.59 Å². The van der Waals surface area contributed by atoms with E-state index in [2.05, 4.69) is 10.5 Å². The van der Waals surface area contributed by atoms with Crippen molar-refractivity contribution in [3.05, 3.63) is 108 Å². The molecule has 0 aliphatic carbocycles. The first kappa shape index (κ1) is 20.8. The van der Waals surface area contributed by atoms with Gasteiger partial charge in [0.05, 0.1) is 18.9 Å². The minimum Gasteiger partial charge on any atom is -0.497 e. The van der Waals surface area contributed by atoms with Gasteiger partial charge in [0.25, 0.3) is 5.91 Å². The summed E-state index contributed by atoms with van der Waals surface area (Å²) in [7, 11) is 1.56. The fraction of sp³-hybridized carbons (Fsp3) is 0.0385. The highest BCUT2D eigenvalue weighted by Gasteiger charge is 2.14. The second kappa shape index (κ2) is 9.57. The maximum absolute atomic E-state index is 12.7. The first-order valence-electron chi connectivity index (χ1n) is 9.92. The molecule has 0 bridgehead atoms. The fourth-order valence-corrected chi connectivity index (χ4v) is 3.19. The average Bonchev–Trinajstić information content (AvgIpc) is 2.85. The molecule has 0 radical (unpaired) electrons. The number of benzene rings is 4. The Bertz CT molecular complexity index is 1280. The summed E-state index contributed by atoms with van der Waals surface area (Å²) in [4.78, 5) is 25.0. The number of ether oxygens (including phenoxy) is 2. The van der Waals surface area contributed by atoms with Gasteiger partial charge in [0, 0.05) is 11.1 Å². The third-order valence-corrected chi connectivity index (χ3v) is 4.85. The standard InChI is InChI=1S/C26H20N2O4/c1-31-21-14-11-20(12-15-21)26(30)32-24-16-13-18-7-5-6-10-22(18)23(24)17-27-28-25(29)19-8-3-2-4-9-19/h2-17H,1H3,(H,28,29). The molecule has 0 saturated heterocycles. The van der Waals surface area contributed by atoms with E-state index in [4.69, 9.17) is 9.47 Å². The highest BCUT2D eigenvalue weighted by Crippen LogP contribution is 2.27. The van der Waals surface area contributed by atoms with Crippen LogP contribution in [0.4, 0.5) is 0 Å². The van der Waals surface area contributed by atoms with Crippen LogP contribution in [0.5, 0.6) is 11.5 Å². The van der Waals surface area contributed by atoms with Crippen LogP contribution in [0.15, 0.2) is 96.1 Å². The molecule has 0 aromatic heterocycles. The average molecular weight is 424 g/mol. The van der Waals surface area contributed by atoms with Gasteiger partial charge in [-0.2, -0.15) is 5.10 Å². The molecule has 1 amide bonds. The number of carbonyl (C=O) groups is 2. The topological polar surface area (TPSA) is 77.0 Å². The van der Waals surface area contributed by atoms with E-state index in [0.717, 1.165) is 10.8 Å². The first-order chi connectivity index (χ1) is 15.7. The van der Waals surface area contributed by atoms with Crippen molar-refractivity contribution in [2.75, 3.05) is 7.11 Å². The summed E-state index contributed by atoms with van der Waals surface area (Å²) in [5.74, 6) is 0.140. The lowest BCUT2D eigenvalue weighted by molar-refractivity contribution is 0.0734. The number of methoxy groups -OCH3 is 1. The van der Waals surface area contributed by atoms with E-state index in [0.29, 0.717) is 28.2 Å². The van der Waals surface area contributed by atoms with Crippen LogP contribution < -0.4 is 14.9 Å². The van der Waals surface area contributed by atoms with E-state index >= 15 is 0 Å². The van der Waals surface area contributed by atoms with Crippen molar-refractivity contribution in [2.24, 2.45) is 5.10 Å². The highest BCUT2D eigenvalue weighted by atomic mass is 16.5. The van der Waals surface area contributed by atoms with Crippen LogP contribution in [-0.2, 0) is 0 Å². The molecule has 6 heteroatoms. The van der Waals surface area contributed by atoms with Crippen molar-refractivity contribution in [2.45, 2.75) is 0 Å². The van der Waals surface area contributed by atoms with Crippen LogP contribution in [-0.4, -0.2) is 25.2 Å². The van der Waals surface area contributed by atoms with Gasteiger partial charge in [-0.1, -0.05) is 48.5 Å². The second-order valence-electron chi connectivity index (χ2n) is 6.88. The lowest BCUT2D eigenvalue weighted by Gasteiger charge is -2.11. The van der Waals surface area contributed by atoms with E-state index in [1.165, 1.54) is 6.21 Å². The van der Waals surface area contributed by atoms with Crippen LogP contribution in [0, 0.1) is 0 Å². The summed E-state index contributed by atoms with van der Waals surface area (Å²) in [6.07, 6.45) is 1.49. The Morgan fingerprint density at radius 2 is 1.53 bits per heavy atom. The minimum absolute atomic E-state index is 0.334. The number of esters is 1. The molecule has 4 aromatic carbocycles. The van der Waals surface area contributed by atoms with Crippen molar-refractivity contribution in [1.29, 1.82) is 0 Å². The summed E-state index contributed by atoms with van der Waals surface area (Å²) >= 11 is 0. The van der Waals surface area contributed by atoms with Crippen molar-refractivity contribution in [1.82, 2.24) is 5.43 Å². The third-order valence-electron chi connectivity index (χ3n) is 4.85. The van der Waals surface area contributed by atoms with Crippen molar-refractivity contribution in [3.8, 4) is 11.5 Å². The Morgan fingerprint density at radius 1 is 0.812 bits per heavy atom. The molecule has 0 aliphatic rings. The molecule has 32 heavy (non-hydrogen) atoms. The number of amides is 1. The van der Waals surface area contributed by atoms with Gasteiger partial charge in [0.2, 0.25) is 0 Å². The van der Waals surface area contributed by atoms with Crippen LogP contribution >= 0.6 is 0 Å². The fourth-order valence-electron chi connectivity index (χ4n) is 3.19. The second-order valence-corrected chi connectivity index (χ2v) is 6.88. The summed E-state index contributed by atoms with van der Waals surface area (Å²) < 4.78 is 10.8. The van der Waals surface area contributed by atoms with Crippen LogP contribution in [0.2, 0.25) is 0 Å². The molecule has 4 rings (SSSR count). The van der Waals surface area contributed by atoms with Crippen molar-refractivity contribution < 1.29 is 19.1 Å². The smallest absolute Gasteiger partial charge is 0.343 e. The Hall–Kier alpha value is -4.45. The zero-order chi connectivity index (χ0) is 22.3. The van der Waals surface area contributed by atoms with Gasteiger partial charge in [-0.3, -0.25) is 4.79 Å². The lowest BCUT2D eigenvalue weighted by atomic mass is 10.0. The van der Waals surface area contributed by atoms with Gasteiger partial charge in [0.15, 0.2) is 0 Å². The predicted molar refractivity (Wildman–Crippen MR) is 123 cm³/mol. The van der Waals surface area contributed by atoms with Crippen molar-refractivity contribution in [3.63, 3.8) is 0 Å². The zero-order valence-corrected chi connectivity index (χ0v) is 17.3. The van der Waals surface area contributed by atoms with Gasteiger partial charge in [0.1, 0.15) is 11.5 Å². The summed E-state index contributed by atoms with van der Waals surface area (Å²) in [6, 6.07) is 26.7. The third kappa shape index (κ3) is 4.65. The summed E-state index contributed by atoms with van der Waals surface area (Å²) in [6.45, 7) is 0. The monoisotopic (exact) mass is 424 g/mol. The largest absolute Gasteiger partial charge is 0.497 e. The van der Waals surface area contributed by atoms with Crippen LogP contribution in [0.1, 0.15) is 26.3 Å². The number of rotatable bonds is 6. The van der Waals surface area contributed by atoms with Gasteiger partial charge in [-0.05, 0) is 53.2 Å². The summed E-state index contributed by atoms with van der Waals surface area (Å²) in [5, 5.41) is 5.89. The minimum atomic E-state index is -0.508. The van der Waals surface area contributed by atoms with E-state index in [1.54, 1.807) is 61.7 Å². The summed E-state index contributed by atoms with van der Waals surface area (Å²) in [5.41, 5.74) is 3.98. The predicted octanol–water partition coefficient (Wildman–Crippen LogP) is 4.83. The maximum Gasteiger partial charge on any atom is 0.343 e. The van der Waals surface area contributed by atoms with E-state index in [1.807, 2.05) is 36.4 Å². The lowest BCUT2D eigenvalue weighted by Crippen LogP contribution is -2.17. The quantitative estimate of drug-likeness (QED) is 0.208. The number of nitrogens with zero attached hydrogens (tertiary/aromatic N) is 1. The molecule has 0 atom stereocenters. The first-order valence-corrected chi connectivity index (χ1v) is 9.92. The Labute approximate surface area is 185 Å². The molecule has 0 saturated carbocycles. The zero-order valence-electron chi connectivity index (χ0n) is 17.3.